The highest BCUT2D eigenvalue weighted by molar-refractivity contribution is 7.92. The molecule has 1 rings (SSSR count). The molecule has 94 valence electrons. The minimum Gasteiger partial charge on any atom is -0.351 e. The zero-order valence-electron chi connectivity index (χ0n) is 9.60. The minimum atomic E-state index is -3.36. The number of hydrogen-bond donors (Lipinski definition) is 1. The second-order valence-corrected chi connectivity index (χ2v) is 6.55. The lowest BCUT2D eigenvalue weighted by Crippen LogP contribution is -2.37. The van der Waals surface area contributed by atoms with Crippen molar-refractivity contribution in [1.82, 2.24) is 5.32 Å². The maximum absolute atomic E-state index is 11.5. The predicted molar refractivity (Wildman–Crippen MR) is 67.6 cm³/mol. The zero-order valence-corrected chi connectivity index (χ0v) is 11.2. The summed E-state index contributed by atoms with van der Waals surface area (Å²) in [6.45, 7) is 1.58. The molecule has 0 aliphatic heterocycles. The van der Waals surface area contributed by atoms with Crippen molar-refractivity contribution in [3.05, 3.63) is 34.9 Å². The van der Waals surface area contributed by atoms with Gasteiger partial charge in [0.1, 0.15) is 5.25 Å². The van der Waals surface area contributed by atoms with Crippen LogP contribution < -0.4 is 5.32 Å². The van der Waals surface area contributed by atoms with E-state index in [1.807, 2.05) is 0 Å². The summed E-state index contributed by atoms with van der Waals surface area (Å²) < 4.78 is 22.3. The molecule has 1 N–H and O–H groups in total. The van der Waals surface area contributed by atoms with Crippen LogP contribution in [0.3, 0.4) is 0 Å². The van der Waals surface area contributed by atoms with Crippen LogP contribution in [-0.2, 0) is 21.2 Å². The Bertz CT molecular complexity index is 513. The van der Waals surface area contributed by atoms with Gasteiger partial charge in [0.05, 0.1) is 0 Å². The van der Waals surface area contributed by atoms with E-state index in [-0.39, 0.29) is 6.54 Å². The number of rotatable bonds is 4. The van der Waals surface area contributed by atoms with Gasteiger partial charge >= 0.3 is 0 Å². The number of amides is 1. The van der Waals surface area contributed by atoms with E-state index < -0.39 is 21.0 Å². The van der Waals surface area contributed by atoms with Gasteiger partial charge in [-0.05, 0) is 18.6 Å². The maximum atomic E-state index is 11.5. The monoisotopic (exact) mass is 275 g/mol. The minimum absolute atomic E-state index is 0.221. The van der Waals surface area contributed by atoms with E-state index in [1.165, 1.54) is 6.92 Å². The molecular formula is C11H14ClNO3S. The third kappa shape index (κ3) is 4.02. The molecule has 0 saturated carbocycles. The Morgan fingerprint density at radius 1 is 1.41 bits per heavy atom. The van der Waals surface area contributed by atoms with Crippen molar-refractivity contribution in [3.63, 3.8) is 0 Å². The number of carbonyl (C=O) groups is 1. The lowest BCUT2D eigenvalue weighted by molar-refractivity contribution is -0.120. The average Bonchev–Trinajstić information content (AvgIpc) is 2.25. The topological polar surface area (TPSA) is 63.2 Å². The van der Waals surface area contributed by atoms with Crippen LogP contribution in [0.4, 0.5) is 0 Å². The van der Waals surface area contributed by atoms with Gasteiger partial charge in [0.25, 0.3) is 0 Å². The fourth-order valence-corrected chi connectivity index (χ4v) is 1.84. The Morgan fingerprint density at radius 3 is 2.53 bits per heavy atom. The number of benzene rings is 1. The van der Waals surface area contributed by atoms with Crippen LogP contribution in [0.2, 0.25) is 5.02 Å². The van der Waals surface area contributed by atoms with Crippen molar-refractivity contribution in [1.29, 1.82) is 0 Å². The highest BCUT2D eigenvalue weighted by Crippen LogP contribution is 2.14. The molecule has 6 heteroatoms. The second-order valence-electron chi connectivity index (χ2n) is 3.78. The standard InChI is InChI=1S/C11H14ClNO3S/c1-8(17(2,15)16)11(14)13-7-9-5-3-4-6-10(9)12/h3-6,8H,7H2,1-2H3,(H,13,14)/t8-/m1/s1. The van der Waals surface area contributed by atoms with Crippen LogP contribution in [0, 0.1) is 0 Å². The summed E-state index contributed by atoms with van der Waals surface area (Å²) in [5, 5.41) is 2.03. The zero-order chi connectivity index (χ0) is 13.1. The molecule has 1 aromatic rings. The van der Waals surface area contributed by atoms with Crippen molar-refractivity contribution in [3.8, 4) is 0 Å². The Morgan fingerprint density at radius 2 is 2.00 bits per heavy atom. The van der Waals surface area contributed by atoms with E-state index in [0.717, 1.165) is 11.8 Å². The van der Waals surface area contributed by atoms with Crippen molar-refractivity contribution in [2.45, 2.75) is 18.7 Å². The van der Waals surface area contributed by atoms with E-state index in [1.54, 1.807) is 24.3 Å². The number of carbonyl (C=O) groups excluding carboxylic acids is 1. The summed E-state index contributed by atoms with van der Waals surface area (Å²) in [7, 11) is -3.36. The van der Waals surface area contributed by atoms with Crippen LogP contribution in [-0.4, -0.2) is 25.8 Å². The first kappa shape index (κ1) is 14.0. The first-order valence-electron chi connectivity index (χ1n) is 5.02. The van der Waals surface area contributed by atoms with Gasteiger partial charge in [-0.25, -0.2) is 8.42 Å². The SMILES string of the molecule is C[C@H](C(=O)NCc1ccccc1Cl)S(C)(=O)=O. The molecule has 0 bridgehead atoms. The molecule has 0 unspecified atom stereocenters. The number of sulfone groups is 1. The first-order valence-corrected chi connectivity index (χ1v) is 7.35. The smallest absolute Gasteiger partial charge is 0.238 e. The van der Waals surface area contributed by atoms with E-state index >= 15 is 0 Å². The molecule has 0 radical (unpaired) electrons. The van der Waals surface area contributed by atoms with Crippen LogP contribution >= 0.6 is 11.6 Å². The molecule has 1 aromatic carbocycles. The molecule has 0 spiro atoms. The molecule has 1 atom stereocenters. The molecule has 0 aliphatic rings. The van der Waals surface area contributed by atoms with Crippen molar-refractivity contribution >= 4 is 27.3 Å². The Hall–Kier alpha value is -1.07. The third-order valence-electron chi connectivity index (χ3n) is 2.42. The maximum Gasteiger partial charge on any atom is 0.238 e. The lowest BCUT2D eigenvalue weighted by Gasteiger charge is -2.11. The van der Waals surface area contributed by atoms with Gasteiger partial charge in [-0.2, -0.15) is 0 Å². The summed E-state index contributed by atoms with van der Waals surface area (Å²) in [5.41, 5.74) is 0.753. The highest BCUT2D eigenvalue weighted by Gasteiger charge is 2.23. The van der Waals surface area contributed by atoms with E-state index in [0.29, 0.717) is 5.02 Å². The average molecular weight is 276 g/mol. The molecule has 0 aliphatic carbocycles. The Labute approximate surface area is 106 Å². The molecule has 0 aromatic heterocycles. The first-order chi connectivity index (χ1) is 7.82. The van der Waals surface area contributed by atoms with Crippen LogP contribution in [0.25, 0.3) is 0 Å². The predicted octanol–water partition coefficient (Wildman–Crippen LogP) is 1.39. The quantitative estimate of drug-likeness (QED) is 0.903. The van der Waals surface area contributed by atoms with Crippen LogP contribution in [0.5, 0.6) is 0 Å². The largest absolute Gasteiger partial charge is 0.351 e. The van der Waals surface area contributed by atoms with E-state index in [4.69, 9.17) is 11.6 Å². The normalized spacial score (nSPS) is 13.1. The molecule has 4 nitrogen and oxygen atoms in total. The summed E-state index contributed by atoms with van der Waals surface area (Å²) in [6.07, 6.45) is 1.03. The second kappa shape index (κ2) is 5.51. The summed E-state index contributed by atoms with van der Waals surface area (Å²) in [5.74, 6) is -0.521. The van der Waals surface area contributed by atoms with Gasteiger partial charge in [0.15, 0.2) is 9.84 Å². The highest BCUT2D eigenvalue weighted by atomic mass is 35.5. The van der Waals surface area contributed by atoms with Crippen molar-refractivity contribution in [2.75, 3.05) is 6.26 Å². The lowest BCUT2D eigenvalue weighted by atomic mass is 10.2. The van der Waals surface area contributed by atoms with Crippen LogP contribution in [0.15, 0.2) is 24.3 Å². The fraction of sp³-hybridized carbons (Fsp3) is 0.364. The van der Waals surface area contributed by atoms with Gasteiger partial charge in [-0.3, -0.25) is 4.79 Å². The molecule has 17 heavy (non-hydrogen) atoms. The Balaban J connectivity index is 2.64. The molecule has 0 heterocycles. The third-order valence-corrected chi connectivity index (χ3v) is 4.29. The molecule has 1 amide bonds. The molecule has 0 fully saturated rings. The van der Waals surface area contributed by atoms with Gasteiger partial charge in [-0.1, -0.05) is 29.8 Å². The number of halogens is 1. The molecular weight excluding hydrogens is 262 g/mol. The van der Waals surface area contributed by atoms with Crippen LogP contribution in [0.1, 0.15) is 12.5 Å². The van der Waals surface area contributed by atoms with Gasteiger partial charge in [-0.15, -0.1) is 0 Å². The van der Waals surface area contributed by atoms with Crippen molar-refractivity contribution in [2.24, 2.45) is 0 Å². The van der Waals surface area contributed by atoms with Gasteiger partial charge in [0, 0.05) is 17.8 Å². The van der Waals surface area contributed by atoms with E-state index in [2.05, 4.69) is 5.32 Å². The van der Waals surface area contributed by atoms with Crippen molar-refractivity contribution < 1.29 is 13.2 Å². The Kier molecular flexibility index (Phi) is 4.54. The molecule has 0 saturated heterocycles. The summed E-state index contributed by atoms with van der Waals surface area (Å²) >= 11 is 5.91. The summed E-state index contributed by atoms with van der Waals surface area (Å²) in [6, 6.07) is 7.07. The van der Waals surface area contributed by atoms with Gasteiger partial charge in [0.2, 0.25) is 5.91 Å². The number of hydrogen-bond acceptors (Lipinski definition) is 3. The fourth-order valence-electron chi connectivity index (χ4n) is 1.16. The van der Waals surface area contributed by atoms with Gasteiger partial charge < -0.3 is 5.32 Å². The number of nitrogens with one attached hydrogen (secondary N) is 1. The van der Waals surface area contributed by atoms with E-state index in [9.17, 15) is 13.2 Å². The summed E-state index contributed by atoms with van der Waals surface area (Å²) in [4.78, 5) is 11.5.